The van der Waals surface area contributed by atoms with Crippen molar-refractivity contribution >= 4 is 0 Å². The zero-order valence-electron chi connectivity index (χ0n) is 12.3. The SMILES string of the molecule is CCCCNC(C)C(O)c1ccc(OC)c(OC)c1. The van der Waals surface area contributed by atoms with Crippen LogP contribution in [0.15, 0.2) is 18.2 Å². The molecule has 0 aliphatic rings. The fourth-order valence-corrected chi connectivity index (χ4v) is 1.94. The van der Waals surface area contributed by atoms with Gasteiger partial charge in [-0.05, 0) is 37.6 Å². The van der Waals surface area contributed by atoms with Crippen molar-refractivity contribution in [3.8, 4) is 11.5 Å². The minimum atomic E-state index is -0.559. The second-order valence-electron chi connectivity index (χ2n) is 4.66. The lowest BCUT2D eigenvalue weighted by Gasteiger charge is -2.21. The van der Waals surface area contributed by atoms with Crippen LogP contribution in [0.4, 0.5) is 0 Å². The Labute approximate surface area is 115 Å². The maximum atomic E-state index is 10.3. The molecular weight excluding hydrogens is 242 g/mol. The predicted octanol–water partition coefficient (Wildman–Crippen LogP) is 2.52. The van der Waals surface area contributed by atoms with Gasteiger partial charge in [-0.25, -0.2) is 0 Å². The fraction of sp³-hybridized carbons (Fsp3) is 0.600. The number of aliphatic hydroxyl groups excluding tert-OH is 1. The number of hydrogen-bond acceptors (Lipinski definition) is 4. The van der Waals surface area contributed by atoms with Crippen LogP contribution in [0.5, 0.6) is 11.5 Å². The molecule has 1 aromatic rings. The van der Waals surface area contributed by atoms with Crippen LogP contribution in [-0.4, -0.2) is 31.9 Å². The van der Waals surface area contributed by atoms with Crippen LogP contribution in [0.25, 0.3) is 0 Å². The normalized spacial score (nSPS) is 13.9. The highest BCUT2D eigenvalue weighted by Crippen LogP contribution is 2.30. The predicted molar refractivity (Wildman–Crippen MR) is 76.9 cm³/mol. The zero-order chi connectivity index (χ0) is 14.3. The summed E-state index contributed by atoms with van der Waals surface area (Å²) in [5.74, 6) is 1.31. The summed E-state index contributed by atoms with van der Waals surface area (Å²) in [7, 11) is 3.19. The maximum absolute atomic E-state index is 10.3. The number of hydrogen-bond donors (Lipinski definition) is 2. The summed E-state index contributed by atoms with van der Waals surface area (Å²) >= 11 is 0. The molecule has 0 heterocycles. The number of ether oxygens (including phenoxy) is 2. The smallest absolute Gasteiger partial charge is 0.161 e. The molecule has 0 aliphatic heterocycles. The van der Waals surface area contributed by atoms with Crippen molar-refractivity contribution in [2.24, 2.45) is 0 Å². The van der Waals surface area contributed by atoms with Crippen molar-refractivity contribution in [2.75, 3.05) is 20.8 Å². The molecule has 0 amide bonds. The van der Waals surface area contributed by atoms with Crippen molar-refractivity contribution in [1.29, 1.82) is 0 Å². The van der Waals surface area contributed by atoms with Gasteiger partial charge in [0.2, 0.25) is 0 Å². The molecule has 1 aromatic carbocycles. The van der Waals surface area contributed by atoms with E-state index >= 15 is 0 Å². The van der Waals surface area contributed by atoms with Crippen molar-refractivity contribution in [1.82, 2.24) is 5.32 Å². The van der Waals surface area contributed by atoms with Crippen molar-refractivity contribution in [2.45, 2.75) is 38.8 Å². The van der Waals surface area contributed by atoms with Gasteiger partial charge in [0, 0.05) is 6.04 Å². The van der Waals surface area contributed by atoms with E-state index in [0.29, 0.717) is 11.5 Å². The molecule has 2 N–H and O–H groups in total. The molecule has 0 radical (unpaired) electrons. The summed E-state index contributed by atoms with van der Waals surface area (Å²) in [5.41, 5.74) is 0.828. The Morgan fingerprint density at radius 1 is 1.21 bits per heavy atom. The molecule has 0 saturated carbocycles. The van der Waals surface area contributed by atoms with E-state index in [1.54, 1.807) is 14.2 Å². The minimum absolute atomic E-state index is 0.00431. The molecule has 0 fully saturated rings. The summed E-state index contributed by atoms with van der Waals surface area (Å²) in [6, 6.07) is 5.51. The quantitative estimate of drug-likeness (QED) is 0.711. The number of unbranched alkanes of at least 4 members (excludes halogenated alkanes) is 1. The topological polar surface area (TPSA) is 50.7 Å². The van der Waals surface area contributed by atoms with Crippen LogP contribution in [0.3, 0.4) is 0 Å². The van der Waals surface area contributed by atoms with Crippen molar-refractivity contribution in [3.63, 3.8) is 0 Å². The molecule has 0 spiro atoms. The van der Waals surface area contributed by atoms with Gasteiger partial charge in [0.25, 0.3) is 0 Å². The second-order valence-corrected chi connectivity index (χ2v) is 4.66. The average Bonchev–Trinajstić information content (AvgIpc) is 2.45. The summed E-state index contributed by atoms with van der Waals surface area (Å²) in [4.78, 5) is 0. The molecule has 4 heteroatoms. The molecule has 1 rings (SSSR count). The summed E-state index contributed by atoms with van der Waals surface area (Å²) < 4.78 is 10.4. The first-order chi connectivity index (χ1) is 9.13. The fourth-order valence-electron chi connectivity index (χ4n) is 1.94. The number of aliphatic hydroxyl groups is 1. The van der Waals surface area contributed by atoms with Gasteiger partial charge in [-0.2, -0.15) is 0 Å². The van der Waals surface area contributed by atoms with E-state index < -0.39 is 6.10 Å². The van der Waals surface area contributed by atoms with E-state index in [1.165, 1.54) is 0 Å². The van der Waals surface area contributed by atoms with Gasteiger partial charge >= 0.3 is 0 Å². The Kier molecular flexibility index (Phi) is 6.67. The van der Waals surface area contributed by atoms with Crippen LogP contribution in [-0.2, 0) is 0 Å². The van der Waals surface area contributed by atoms with E-state index in [9.17, 15) is 5.11 Å². The first-order valence-electron chi connectivity index (χ1n) is 6.77. The Morgan fingerprint density at radius 2 is 1.89 bits per heavy atom. The number of rotatable bonds is 8. The second kappa shape index (κ2) is 8.02. The first kappa shape index (κ1) is 15.8. The van der Waals surface area contributed by atoms with Gasteiger partial charge in [0.1, 0.15) is 0 Å². The van der Waals surface area contributed by atoms with Gasteiger partial charge < -0.3 is 19.9 Å². The molecule has 0 saturated heterocycles. The minimum Gasteiger partial charge on any atom is -0.493 e. The van der Waals surface area contributed by atoms with Gasteiger partial charge in [-0.1, -0.05) is 19.4 Å². The van der Waals surface area contributed by atoms with Gasteiger partial charge in [0.05, 0.1) is 20.3 Å². The van der Waals surface area contributed by atoms with Crippen LogP contribution in [0, 0.1) is 0 Å². The van der Waals surface area contributed by atoms with Crippen LogP contribution in [0.1, 0.15) is 38.4 Å². The summed E-state index contributed by atoms with van der Waals surface area (Å²) in [5, 5.41) is 13.6. The third-order valence-electron chi connectivity index (χ3n) is 3.22. The molecule has 4 nitrogen and oxygen atoms in total. The van der Waals surface area contributed by atoms with Gasteiger partial charge in [-0.15, -0.1) is 0 Å². The molecule has 108 valence electrons. The van der Waals surface area contributed by atoms with E-state index in [1.807, 2.05) is 25.1 Å². The Balaban J connectivity index is 2.73. The molecule has 0 bridgehead atoms. The molecule has 19 heavy (non-hydrogen) atoms. The van der Waals surface area contributed by atoms with Crippen LogP contribution in [0.2, 0.25) is 0 Å². The van der Waals surface area contributed by atoms with E-state index in [-0.39, 0.29) is 6.04 Å². The van der Waals surface area contributed by atoms with E-state index in [0.717, 1.165) is 24.9 Å². The van der Waals surface area contributed by atoms with Gasteiger partial charge in [0.15, 0.2) is 11.5 Å². The third-order valence-corrected chi connectivity index (χ3v) is 3.22. The van der Waals surface area contributed by atoms with Crippen LogP contribution < -0.4 is 14.8 Å². The molecule has 0 aromatic heterocycles. The van der Waals surface area contributed by atoms with E-state index in [2.05, 4.69) is 12.2 Å². The Bertz CT molecular complexity index is 382. The maximum Gasteiger partial charge on any atom is 0.161 e. The number of methoxy groups -OCH3 is 2. The zero-order valence-corrected chi connectivity index (χ0v) is 12.3. The monoisotopic (exact) mass is 267 g/mol. The highest BCUT2D eigenvalue weighted by atomic mass is 16.5. The molecule has 2 atom stereocenters. The van der Waals surface area contributed by atoms with Crippen molar-refractivity contribution < 1.29 is 14.6 Å². The number of benzene rings is 1. The van der Waals surface area contributed by atoms with Crippen LogP contribution >= 0.6 is 0 Å². The average molecular weight is 267 g/mol. The Morgan fingerprint density at radius 3 is 2.47 bits per heavy atom. The van der Waals surface area contributed by atoms with E-state index in [4.69, 9.17) is 9.47 Å². The highest BCUT2D eigenvalue weighted by Gasteiger charge is 2.17. The lowest BCUT2D eigenvalue weighted by Crippen LogP contribution is -2.32. The molecule has 0 aliphatic carbocycles. The highest BCUT2D eigenvalue weighted by molar-refractivity contribution is 5.43. The lowest BCUT2D eigenvalue weighted by atomic mass is 10.0. The van der Waals surface area contributed by atoms with Gasteiger partial charge in [-0.3, -0.25) is 0 Å². The standard InChI is InChI=1S/C15H25NO3/c1-5-6-9-16-11(2)15(17)12-7-8-13(18-3)14(10-12)19-4/h7-8,10-11,15-17H,5-6,9H2,1-4H3. The number of nitrogens with one attached hydrogen (secondary N) is 1. The first-order valence-corrected chi connectivity index (χ1v) is 6.77. The van der Waals surface area contributed by atoms with Crippen molar-refractivity contribution in [3.05, 3.63) is 23.8 Å². The Hall–Kier alpha value is -1.26. The third kappa shape index (κ3) is 4.40. The molecular formula is C15H25NO3. The lowest BCUT2D eigenvalue weighted by molar-refractivity contribution is 0.135. The molecule has 2 unspecified atom stereocenters. The summed E-state index contributed by atoms with van der Waals surface area (Å²) in [6.07, 6.45) is 1.70. The summed E-state index contributed by atoms with van der Waals surface area (Å²) in [6.45, 7) is 5.05. The largest absolute Gasteiger partial charge is 0.493 e.